The lowest BCUT2D eigenvalue weighted by molar-refractivity contribution is 0.0221. The molecule has 2 aliphatic rings. The maximum absolute atomic E-state index is 12.8. The van der Waals surface area contributed by atoms with Gasteiger partial charge in [0, 0.05) is 22.8 Å². The minimum atomic E-state index is -1.20. The highest BCUT2D eigenvalue weighted by Crippen LogP contribution is 2.59. The molecule has 28 heavy (non-hydrogen) atoms. The van der Waals surface area contributed by atoms with Crippen molar-refractivity contribution in [3.63, 3.8) is 0 Å². The van der Waals surface area contributed by atoms with Crippen molar-refractivity contribution in [3.8, 4) is 23.0 Å². The van der Waals surface area contributed by atoms with Gasteiger partial charge >= 0.3 is 5.97 Å². The number of phenolic OH excluding ortho intramolecular Hbond substituents is 2. The van der Waals surface area contributed by atoms with Crippen molar-refractivity contribution in [3.05, 3.63) is 81.4 Å². The number of ether oxygens (including phenoxy) is 2. The first kappa shape index (κ1) is 16.7. The summed E-state index contributed by atoms with van der Waals surface area (Å²) in [4.78, 5) is 12.8. The predicted molar refractivity (Wildman–Crippen MR) is 102 cm³/mol. The second-order valence-electron chi connectivity index (χ2n) is 7.33. The van der Waals surface area contributed by atoms with Crippen LogP contribution in [-0.2, 0) is 10.3 Å². The van der Waals surface area contributed by atoms with Gasteiger partial charge in [-0.1, -0.05) is 18.2 Å². The standard InChI is InChI=1S/C23H18O5/c1-11-12(2)20(25)13(3)21-19(11)23(17-9-8-14(24)10-18(17)27-21)16-7-5-4-6-15(16)22(26)28-23/h4-10,24-25H,1-3H3. The van der Waals surface area contributed by atoms with Gasteiger partial charge in [-0.2, -0.15) is 0 Å². The Morgan fingerprint density at radius 2 is 1.64 bits per heavy atom. The van der Waals surface area contributed by atoms with E-state index in [4.69, 9.17) is 9.47 Å². The molecule has 5 heteroatoms. The third-order valence-electron chi connectivity index (χ3n) is 5.90. The molecular formula is C23H18O5. The third kappa shape index (κ3) is 1.83. The number of phenols is 2. The quantitative estimate of drug-likeness (QED) is 0.563. The molecule has 0 bridgehead atoms. The number of carbonyl (C=O) groups is 1. The van der Waals surface area contributed by atoms with Crippen LogP contribution in [0.4, 0.5) is 0 Å². The lowest BCUT2D eigenvalue weighted by atomic mass is 9.74. The van der Waals surface area contributed by atoms with Gasteiger partial charge in [-0.25, -0.2) is 4.79 Å². The fourth-order valence-corrected chi connectivity index (χ4v) is 4.40. The summed E-state index contributed by atoms with van der Waals surface area (Å²) in [5.74, 6) is 0.615. The number of hydrogen-bond acceptors (Lipinski definition) is 5. The monoisotopic (exact) mass is 374 g/mol. The number of fused-ring (bicyclic) bond motifs is 6. The van der Waals surface area contributed by atoms with E-state index in [1.807, 2.05) is 26.0 Å². The maximum atomic E-state index is 12.8. The lowest BCUT2D eigenvalue weighted by Gasteiger charge is -2.39. The zero-order chi connectivity index (χ0) is 19.8. The summed E-state index contributed by atoms with van der Waals surface area (Å²) in [6.45, 7) is 5.49. The summed E-state index contributed by atoms with van der Waals surface area (Å²) >= 11 is 0. The largest absolute Gasteiger partial charge is 0.508 e. The first-order chi connectivity index (χ1) is 13.4. The molecule has 5 nitrogen and oxygen atoms in total. The molecule has 0 saturated carbocycles. The van der Waals surface area contributed by atoms with Gasteiger partial charge in [-0.15, -0.1) is 0 Å². The van der Waals surface area contributed by atoms with Crippen LogP contribution in [-0.4, -0.2) is 16.2 Å². The summed E-state index contributed by atoms with van der Waals surface area (Å²) < 4.78 is 12.2. The Bertz CT molecular complexity index is 1190. The number of aromatic hydroxyl groups is 2. The van der Waals surface area contributed by atoms with Crippen LogP contribution in [0.1, 0.15) is 43.7 Å². The molecule has 0 fully saturated rings. The van der Waals surface area contributed by atoms with Gasteiger partial charge in [-0.05, 0) is 50.1 Å². The number of esters is 1. The Kier molecular flexibility index (Phi) is 3.15. The molecule has 0 aliphatic carbocycles. The van der Waals surface area contributed by atoms with Gasteiger partial charge in [0.05, 0.1) is 11.1 Å². The molecule has 2 N–H and O–H groups in total. The minimum absolute atomic E-state index is 0.0423. The summed E-state index contributed by atoms with van der Waals surface area (Å²) in [5, 5.41) is 20.6. The van der Waals surface area contributed by atoms with E-state index in [0.29, 0.717) is 39.3 Å². The molecule has 140 valence electrons. The van der Waals surface area contributed by atoms with Gasteiger partial charge in [0.25, 0.3) is 0 Å². The Morgan fingerprint density at radius 1 is 0.893 bits per heavy atom. The highest BCUT2D eigenvalue weighted by atomic mass is 16.6. The molecule has 0 aromatic heterocycles. The summed E-state index contributed by atoms with van der Waals surface area (Å²) in [6.07, 6.45) is 0. The van der Waals surface area contributed by atoms with Gasteiger partial charge < -0.3 is 19.7 Å². The molecule has 1 unspecified atom stereocenters. The van der Waals surface area contributed by atoms with Crippen LogP contribution in [0, 0.1) is 20.8 Å². The van der Waals surface area contributed by atoms with E-state index >= 15 is 0 Å². The third-order valence-corrected chi connectivity index (χ3v) is 5.90. The van der Waals surface area contributed by atoms with E-state index in [2.05, 4.69) is 0 Å². The topological polar surface area (TPSA) is 76.0 Å². The Hall–Kier alpha value is -3.47. The molecule has 0 radical (unpaired) electrons. The molecule has 0 amide bonds. The first-order valence-electron chi connectivity index (χ1n) is 9.03. The lowest BCUT2D eigenvalue weighted by Crippen LogP contribution is -2.34. The van der Waals surface area contributed by atoms with Gasteiger partial charge in [0.15, 0.2) is 5.60 Å². The second-order valence-corrected chi connectivity index (χ2v) is 7.33. The Labute approximate surface area is 161 Å². The van der Waals surface area contributed by atoms with Gasteiger partial charge in [-0.3, -0.25) is 0 Å². The summed E-state index contributed by atoms with van der Waals surface area (Å²) in [5.41, 5.74) is 3.44. The fraction of sp³-hybridized carbons (Fsp3) is 0.174. The van der Waals surface area contributed by atoms with E-state index in [-0.39, 0.29) is 11.5 Å². The van der Waals surface area contributed by atoms with E-state index in [1.54, 1.807) is 31.2 Å². The molecule has 3 aromatic carbocycles. The normalized spacial score (nSPS) is 18.9. The Morgan fingerprint density at radius 3 is 2.43 bits per heavy atom. The van der Waals surface area contributed by atoms with Crippen molar-refractivity contribution in [2.24, 2.45) is 0 Å². The van der Waals surface area contributed by atoms with Crippen LogP contribution in [0.2, 0.25) is 0 Å². The number of rotatable bonds is 0. The molecule has 5 rings (SSSR count). The molecule has 0 saturated heterocycles. The van der Waals surface area contributed by atoms with Crippen LogP contribution < -0.4 is 4.74 Å². The van der Waals surface area contributed by atoms with Gasteiger partial charge in [0.1, 0.15) is 23.0 Å². The van der Waals surface area contributed by atoms with Crippen LogP contribution in [0.3, 0.4) is 0 Å². The average Bonchev–Trinajstić information content (AvgIpc) is 2.97. The van der Waals surface area contributed by atoms with Crippen molar-refractivity contribution < 1.29 is 24.5 Å². The SMILES string of the molecule is Cc1c(C)c2c(c(C)c1O)Oc1cc(O)ccc1C21OC(=O)c2ccccc21. The van der Waals surface area contributed by atoms with Crippen LogP contribution in [0.25, 0.3) is 0 Å². The predicted octanol–water partition coefficient (Wildman–Crippen LogP) is 4.59. The number of carbonyl (C=O) groups excluding carboxylic acids is 1. The van der Waals surface area contributed by atoms with Crippen molar-refractivity contribution in [1.82, 2.24) is 0 Å². The van der Waals surface area contributed by atoms with E-state index < -0.39 is 11.6 Å². The molecule has 3 aromatic rings. The van der Waals surface area contributed by atoms with Crippen LogP contribution in [0.15, 0.2) is 42.5 Å². The first-order valence-corrected chi connectivity index (χ1v) is 9.03. The van der Waals surface area contributed by atoms with Crippen molar-refractivity contribution in [2.75, 3.05) is 0 Å². The van der Waals surface area contributed by atoms with Crippen molar-refractivity contribution in [2.45, 2.75) is 26.4 Å². The molecule has 1 atom stereocenters. The van der Waals surface area contributed by atoms with Crippen molar-refractivity contribution >= 4 is 5.97 Å². The zero-order valence-electron chi connectivity index (χ0n) is 15.7. The van der Waals surface area contributed by atoms with Crippen LogP contribution in [0.5, 0.6) is 23.0 Å². The van der Waals surface area contributed by atoms with Crippen molar-refractivity contribution in [1.29, 1.82) is 0 Å². The highest BCUT2D eigenvalue weighted by molar-refractivity contribution is 5.97. The van der Waals surface area contributed by atoms with E-state index in [0.717, 1.165) is 11.1 Å². The smallest absolute Gasteiger partial charge is 0.340 e. The van der Waals surface area contributed by atoms with E-state index in [9.17, 15) is 15.0 Å². The van der Waals surface area contributed by atoms with Gasteiger partial charge in [0.2, 0.25) is 0 Å². The second kappa shape index (κ2) is 5.29. The molecule has 2 heterocycles. The average molecular weight is 374 g/mol. The Balaban J connectivity index is 1.99. The minimum Gasteiger partial charge on any atom is -0.508 e. The number of hydrogen-bond donors (Lipinski definition) is 2. The molecular weight excluding hydrogens is 356 g/mol. The van der Waals surface area contributed by atoms with Crippen LogP contribution >= 0.6 is 0 Å². The maximum Gasteiger partial charge on any atom is 0.340 e. The fourth-order valence-electron chi connectivity index (χ4n) is 4.40. The molecule has 1 spiro atoms. The zero-order valence-corrected chi connectivity index (χ0v) is 15.7. The highest BCUT2D eigenvalue weighted by Gasteiger charge is 2.55. The molecule has 2 aliphatic heterocycles. The summed E-state index contributed by atoms with van der Waals surface area (Å²) in [6, 6.07) is 12.1. The van der Waals surface area contributed by atoms with E-state index in [1.165, 1.54) is 6.07 Å². The number of benzene rings is 3. The summed E-state index contributed by atoms with van der Waals surface area (Å²) in [7, 11) is 0.